The average molecular weight is 429 g/mol. The zero-order valence-electron chi connectivity index (χ0n) is 16.8. The topological polar surface area (TPSA) is 108 Å². The maximum Gasteiger partial charge on any atom is 0.322 e. The number of likely N-dealkylation sites (N-methyl/N-ethyl adjacent to an activating group) is 1. The van der Waals surface area contributed by atoms with Crippen LogP contribution in [0.25, 0.3) is 0 Å². The normalized spacial score (nSPS) is 10.6. The molecule has 9 heteroatoms. The van der Waals surface area contributed by atoms with Gasteiger partial charge in [0.1, 0.15) is 18.2 Å². The summed E-state index contributed by atoms with van der Waals surface area (Å²) < 4.78 is 5.71. The van der Waals surface area contributed by atoms with Gasteiger partial charge in [0, 0.05) is 19.7 Å². The van der Waals surface area contributed by atoms with E-state index in [-0.39, 0.29) is 16.8 Å². The van der Waals surface area contributed by atoms with Crippen molar-refractivity contribution in [3.8, 4) is 11.6 Å². The number of amides is 2. The molecule has 0 aliphatic heterocycles. The molecule has 0 radical (unpaired) electrons. The first-order valence-electron chi connectivity index (χ1n) is 9.54. The molecule has 30 heavy (non-hydrogen) atoms. The molecule has 3 aromatic rings. The predicted molar refractivity (Wildman–Crippen MR) is 117 cm³/mol. The third-order valence-corrected chi connectivity index (χ3v) is 5.37. The number of aryl methyl sites for hydroxylation is 1. The Morgan fingerprint density at radius 3 is 2.70 bits per heavy atom. The molecule has 2 amide bonds. The van der Waals surface area contributed by atoms with Crippen LogP contribution < -0.4 is 14.9 Å². The summed E-state index contributed by atoms with van der Waals surface area (Å²) in [5.74, 6) is 1.13. The molecule has 3 rings (SSSR count). The number of aromatic amines is 1. The molecule has 0 saturated heterocycles. The molecule has 0 aliphatic carbocycles. The summed E-state index contributed by atoms with van der Waals surface area (Å²) in [6.07, 6.45) is 3.02. The van der Waals surface area contributed by atoms with Crippen LogP contribution in [0, 0.1) is 0 Å². The standard InChI is InChI=1S/C21H24N4O4S/c1-3-14-8-9-22-18(13-14)23-20(27)25(2)10-11-29-16-6-4-15(5-7-16)12-17-19(26)24-21(28)30-17/h4-9,13,26H,3,10-12H2,1-2H3,(H,24,28)(H,22,23,27). The van der Waals surface area contributed by atoms with Gasteiger partial charge in [-0.25, -0.2) is 9.78 Å². The zero-order chi connectivity index (χ0) is 21.5. The number of urea groups is 1. The lowest BCUT2D eigenvalue weighted by molar-refractivity contribution is 0.207. The molecular formula is C21H24N4O4S. The molecule has 0 spiro atoms. The Kier molecular flexibility index (Phi) is 7.08. The van der Waals surface area contributed by atoms with Crippen LogP contribution in [-0.4, -0.2) is 46.2 Å². The van der Waals surface area contributed by atoms with E-state index in [9.17, 15) is 14.7 Å². The number of ether oxygens (including phenoxy) is 1. The Hall–Kier alpha value is -3.33. The first-order chi connectivity index (χ1) is 14.4. The molecule has 2 heterocycles. The number of nitrogens with one attached hydrogen (secondary N) is 2. The molecule has 0 saturated carbocycles. The molecule has 0 unspecified atom stereocenters. The monoisotopic (exact) mass is 428 g/mol. The van der Waals surface area contributed by atoms with Crippen molar-refractivity contribution in [3.05, 3.63) is 68.3 Å². The van der Waals surface area contributed by atoms with Crippen LogP contribution in [0.2, 0.25) is 0 Å². The van der Waals surface area contributed by atoms with Gasteiger partial charge >= 0.3 is 10.9 Å². The lowest BCUT2D eigenvalue weighted by Crippen LogP contribution is -2.34. The van der Waals surface area contributed by atoms with E-state index in [2.05, 4.69) is 15.3 Å². The molecule has 1 aromatic carbocycles. The van der Waals surface area contributed by atoms with Gasteiger partial charge in [-0.2, -0.15) is 0 Å². The smallest absolute Gasteiger partial charge is 0.322 e. The molecule has 0 bridgehead atoms. The number of aromatic hydroxyl groups is 1. The van der Waals surface area contributed by atoms with Gasteiger partial charge in [0.05, 0.1) is 11.4 Å². The molecule has 2 aromatic heterocycles. The minimum absolute atomic E-state index is 0.0803. The van der Waals surface area contributed by atoms with Crippen LogP contribution in [0.3, 0.4) is 0 Å². The Bertz CT molecular complexity index is 1050. The minimum Gasteiger partial charge on any atom is -0.494 e. The number of hydrogen-bond acceptors (Lipinski definition) is 6. The third-order valence-electron chi connectivity index (χ3n) is 4.50. The summed E-state index contributed by atoms with van der Waals surface area (Å²) in [4.78, 5) is 31.9. The second-order valence-electron chi connectivity index (χ2n) is 6.71. The Morgan fingerprint density at radius 1 is 1.27 bits per heavy atom. The number of carbonyl (C=O) groups is 1. The largest absolute Gasteiger partial charge is 0.494 e. The minimum atomic E-state index is -0.274. The van der Waals surface area contributed by atoms with E-state index < -0.39 is 0 Å². The molecule has 0 atom stereocenters. The second-order valence-corrected chi connectivity index (χ2v) is 7.78. The second kappa shape index (κ2) is 9.93. The Labute approximate surface area is 178 Å². The van der Waals surface area contributed by atoms with Crippen molar-refractivity contribution in [1.29, 1.82) is 0 Å². The number of pyridine rings is 1. The molecule has 0 fully saturated rings. The average Bonchev–Trinajstić information content (AvgIpc) is 3.05. The number of carbonyl (C=O) groups excluding carboxylic acids is 1. The predicted octanol–water partition coefficient (Wildman–Crippen LogP) is 3.23. The van der Waals surface area contributed by atoms with Crippen LogP contribution in [0.1, 0.15) is 22.9 Å². The van der Waals surface area contributed by atoms with Crippen molar-refractivity contribution >= 4 is 23.2 Å². The summed E-state index contributed by atoms with van der Waals surface area (Å²) in [5, 5.41) is 12.4. The van der Waals surface area contributed by atoms with Gasteiger partial charge in [-0.3, -0.25) is 15.1 Å². The number of benzene rings is 1. The van der Waals surface area contributed by atoms with Crippen molar-refractivity contribution in [3.63, 3.8) is 0 Å². The fourth-order valence-electron chi connectivity index (χ4n) is 2.73. The summed E-state index contributed by atoms with van der Waals surface area (Å²) in [7, 11) is 1.69. The van der Waals surface area contributed by atoms with E-state index in [0.717, 1.165) is 28.9 Å². The summed E-state index contributed by atoms with van der Waals surface area (Å²) in [5.41, 5.74) is 2.06. The van der Waals surface area contributed by atoms with E-state index in [4.69, 9.17) is 4.74 Å². The summed E-state index contributed by atoms with van der Waals surface area (Å²) in [6.45, 7) is 2.79. The number of thiazole rings is 1. The fourth-order valence-corrected chi connectivity index (χ4v) is 3.49. The zero-order valence-corrected chi connectivity index (χ0v) is 17.7. The SMILES string of the molecule is CCc1ccnc(NC(=O)N(C)CCOc2ccc(Cc3sc(=O)[nH]c3O)cc2)c1. The molecule has 158 valence electrons. The van der Waals surface area contributed by atoms with Gasteiger partial charge in [-0.15, -0.1) is 0 Å². The number of aromatic nitrogens is 2. The van der Waals surface area contributed by atoms with Gasteiger partial charge in [-0.1, -0.05) is 30.4 Å². The summed E-state index contributed by atoms with van der Waals surface area (Å²) >= 11 is 0.995. The van der Waals surface area contributed by atoms with Gasteiger partial charge in [-0.05, 0) is 41.8 Å². The first kappa shape index (κ1) is 21.4. The van der Waals surface area contributed by atoms with E-state index in [0.29, 0.717) is 36.0 Å². The molecular weight excluding hydrogens is 404 g/mol. The maximum atomic E-state index is 12.3. The van der Waals surface area contributed by atoms with E-state index in [1.54, 1.807) is 13.2 Å². The molecule has 8 nitrogen and oxygen atoms in total. The van der Waals surface area contributed by atoms with Crippen molar-refractivity contribution in [2.24, 2.45) is 0 Å². The van der Waals surface area contributed by atoms with Crippen molar-refractivity contribution < 1.29 is 14.6 Å². The lowest BCUT2D eigenvalue weighted by atomic mass is 10.1. The summed E-state index contributed by atoms with van der Waals surface area (Å²) in [6, 6.07) is 10.9. The highest BCUT2D eigenvalue weighted by molar-refractivity contribution is 7.09. The van der Waals surface area contributed by atoms with Crippen LogP contribution in [0.15, 0.2) is 47.4 Å². The van der Waals surface area contributed by atoms with Crippen molar-refractivity contribution in [2.45, 2.75) is 19.8 Å². The van der Waals surface area contributed by atoms with E-state index in [1.807, 2.05) is 43.3 Å². The van der Waals surface area contributed by atoms with Gasteiger partial charge < -0.3 is 14.7 Å². The number of anilines is 1. The Balaban J connectivity index is 1.45. The van der Waals surface area contributed by atoms with Gasteiger partial charge in [0.15, 0.2) is 0 Å². The fraction of sp³-hybridized carbons (Fsp3) is 0.286. The number of nitrogens with zero attached hydrogens (tertiary/aromatic N) is 2. The van der Waals surface area contributed by atoms with Crippen molar-refractivity contribution in [2.75, 3.05) is 25.5 Å². The van der Waals surface area contributed by atoms with Gasteiger partial charge in [0.25, 0.3) is 0 Å². The quantitative estimate of drug-likeness (QED) is 0.511. The molecule has 0 aliphatic rings. The Morgan fingerprint density at radius 2 is 2.03 bits per heavy atom. The van der Waals surface area contributed by atoms with Crippen LogP contribution in [0.5, 0.6) is 11.6 Å². The maximum absolute atomic E-state index is 12.3. The van der Waals surface area contributed by atoms with Crippen LogP contribution in [0.4, 0.5) is 10.6 Å². The third kappa shape index (κ3) is 5.84. The lowest BCUT2D eigenvalue weighted by Gasteiger charge is -2.18. The van der Waals surface area contributed by atoms with Crippen LogP contribution in [-0.2, 0) is 12.8 Å². The highest BCUT2D eigenvalue weighted by atomic mass is 32.1. The van der Waals surface area contributed by atoms with Crippen molar-refractivity contribution in [1.82, 2.24) is 14.9 Å². The number of rotatable bonds is 8. The van der Waals surface area contributed by atoms with Crippen LogP contribution >= 0.6 is 11.3 Å². The number of hydrogen-bond donors (Lipinski definition) is 3. The number of H-pyrrole nitrogens is 1. The first-order valence-corrected chi connectivity index (χ1v) is 10.4. The molecule has 3 N–H and O–H groups in total. The van der Waals surface area contributed by atoms with E-state index in [1.165, 1.54) is 4.90 Å². The van der Waals surface area contributed by atoms with E-state index >= 15 is 0 Å². The highest BCUT2D eigenvalue weighted by Gasteiger charge is 2.10. The van der Waals surface area contributed by atoms with Gasteiger partial charge in [0.2, 0.25) is 5.88 Å². The highest BCUT2D eigenvalue weighted by Crippen LogP contribution is 2.21.